The van der Waals surface area contributed by atoms with Gasteiger partial charge in [-0.25, -0.2) is 4.39 Å². The van der Waals surface area contributed by atoms with E-state index in [1.807, 2.05) is 0 Å². The lowest BCUT2D eigenvalue weighted by atomic mass is 10.0. The van der Waals surface area contributed by atoms with Gasteiger partial charge in [-0.1, -0.05) is 12.1 Å². The quantitative estimate of drug-likeness (QED) is 0.889. The van der Waals surface area contributed by atoms with Gasteiger partial charge in [0.25, 0.3) is 5.91 Å². The minimum Gasteiger partial charge on any atom is -0.327 e. The van der Waals surface area contributed by atoms with Crippen LogP contribution in [0, 0.1) is 5.82 Å². The molecule has 2 aromatic rings. The van der Waals surface area contributed by atoms with Gasteiger partial charge >= 0.3 is 0 Å². The zero-order chi connectivity index (χ0) is 19.7. The Balaban J connectivity index is 1.63. The topological polar surface area (TPSA) is 69.7 Å². The molecule has 2 aliphatic heterocycles. The van der Waals surface area contributed by atoms with Crippen molar-refractivity contribution in [2.45, 2.75) is 25.3 Å². The third kappa shape index (κ3) is 3.35. The number of hydrogen-bond acceptors (Lipinski definition) is 3. The molecule has 2 heterocycles. The Kier molecular flexibility index (Phi) is 4.81. The highest BCUT2D eigenvalue weighted by Gasteiger charge is 2.40. The molecule has 1 N–H and O–H groups in total. The van der Waals surface area contributed by atoms with E-state index in [2.05, 4.69) is 5.32 Å². The summed E-state index contributed by atoms with van der Waals surface area (Å²) in [5.74, 6) is -1.22. The van der Waals surface area contributed by atoms with Gasteiger partial charge in [-0.2, -0.15) is 0 Å². The summed E-state index contributed by atoms with van der Waals surface area (Å²) in [6.45, 7) is 0.323. The summed E-state index contributed by atoms with van der Waals surface area (Å²) in [4.78, 5) is 41.8. The van der Waals surface area contributed by atoms with Gasteiger partial charge in [0.15, 0.2) is 0 Å². The van der Waals surface area contributed by atoms with E-state index in [0.717, 1.165) is 12.8 Å². The number of rotatable bonds is 3. The molecule has 2 aliphatic rings. The first kappa shape index (κ1) is 18.2. The van der Waals surface area contributed by atoms with Crippen LogP contribution >= 0.6 is 0 Å². The fourth-order valence-electron chi connectivity index (χ4n) is 3.81. The summed E-state index contributed by atoms with van der Waals surface area (Å²) in [5, 5.41) is 2.67. The summed E-state index contributed by atoms with van der Waals surface area (Å²) in [6.07, 6.45) is 2.32. The maximum absolute atomic E-state index is 13.2. The normalized spacial score (nSPS) is 19.0. The fraction of sp³-hybridized carbons (Fsp3) is 0.286. The molecule has 0 bridgehead atoms. The Labute approximate surface area is 161 Å². The van der Waals surface area contributed by atoms with Gasteiger partial charge in [0.2, 0.25) is 11.8 Å². The van der Waals surface area contributed by atoms with Crippen LogP contribution in [-0.4, -0.2) is 41.8 Å². The first-order chi connectivity index (χ1) is 13.5. The van der Waals surface area contributed by atoms with Crippen molar-refractivity contribution in [3.05, 3.63) is 59.9 Å². The Hall–Kier alpha value is -3.22. The van der Waals surface area contributed by atoms with Crippen molar-refractivity contribution >= 4 is 29.1 Å². The molecule has 0 spiro atoms. The highest BCUT2D eigenvalue weighted by molar-refractivity contribution is 6.13. The highest BCUT2D eigenvalue weighted by Crippen LogP contribution is 2.31. The minimum atomic E-state index is -0.549. The second-order valence-electron chi connectivity index (χ2n) is 7.01. The van der Waals surface area contributed by atoms with Crippen LogP contribution in [0.3, 0.4) is 0 Å². The number of carbonyl (C=O) groups is 3. The molecule has 0 unspecified atom stereocenters. The maximum Gasteiger partial charge on any atom is 0.256 e. The first-order valence-corrected chi connectivity index (χ1v) is 9.31. The largest absolute Gasteiger partial charge is 0.327 e. The molecular weight excluding hydrogens is 361 g/mol. The molecule has 6 nitrogen and oxygen atoms in total. The SMILES string of the molecule is O=C(CN1C(=O)[C@@H]2CCCCN2C(=O)c2ccccc21)Nc1ccc(F)cc1. The summed E-state index contributed by atoms with van der Waals surface area (Å²) in [5.41, 5.74) is 1.31. The van der Waals surface area contributed by atoms with Crippen LogP contribution in [0.2, 0.25) is 0 Å². The Bertz CT molecular complexity index is 929. The third-order valence-electron chi connectivity index (χ3n) is 5.17. The lowest BCUT2D eigenvalue weighted by Gasteiger charge is -2.34. The number of fused-ring (bicyclic) bond motifs is 2. The molecular formula is C21H20FN3O3. The van der Waals surface area contributed by atoms with Gasteiger partial charge in [-0.15, -0.1) is 0 Å². The van der Waals surface area contributed by atoms with Crippen molar-refractivity contribution in [1.82, 2.24) is 4.90 Å². The van der Waals surface area contributed by atoms with Gasteiger partial charge < -0.3 is 15.1 Å². The van der Waals surface area contributed by atoms with E-state index in [9.17, 15) is 18.8 Å². The van der Waals surface area contributed by atoms with Crippen LogP contribution in [0.15, 0.2) is 48.5 Å². The second kappa shape index (κ2) is 7.42. The van der Waals surface area contributed by atoms with E-state index in [1.54, 1.807) is 29.2 Å². The van der Waals surface area contributed by atoms with Crippen LogP contribution in [0.25, 0.3) is 0 Å². The third-order valence-corrected chi connectivity index (χ3v) is 5.17. The number of benzene rings is 2. The number of halogens is 1. The van der Waals surface area contributed by atoms with Gasteiger partial charge in [-0.3, -0.25) is 14.4 Å². The Morgan fingerprint density at radius 1 is 1.07 bits per heavy atom. The molecule has 1 fully saturated rings. The molecule has 1 atom stereocenters. The van der Waals surface area contributed by atoms with Crippen molar-refractivity contribution in [2.75, 3.05) is 23.3 Å². The molecule has 7 heteroatoms. The Morgan fingerprint density at radius 2 is 1.82 bits per heavy atom. The van der Waals surface area contributed by atoms with E-state index in [-0.39, 0.29) is 18.4 Å². The smallest absolute Gasteiger partial charge is 0.256 e. The van der Waals surface area contributed by atoms with Crippen molar-refractivity contribution in [3.8, 4) is 0 Å². The number of nitrogens with zero attached hydrogens (tertiary/aromatic N) is 2. The van der Waals surface area contributed by atoms with Crippen molar-refractivity contribution in [3.63, 3.8) is 0 Å². The number of para-hydroxylation sites is 1. The van der Waals surface area contributed by atoms with Gasteiger partial charge in [-0.05, 0) is 55.7 Å². The lowest BCUT2D eigenvalue weighted by Crippen LogP contribution is -2.52. The van der Waals surface area contributed by atoms with Crippen LogP contribution in [0.5, 0.6) is 0 Å². The van der Waals surface area contributed by atoms with Gasteiger partial charge in [0.05, 0.1) is 11.3 Å². The monoisotopic (exact) mass is 381 g/mol. The van der Waals surface area contributed by atoms with E-state index in [1.165, 1.54) is 29.2 Å². The average molecular weight is 381 g/mol. The number of hydrogen-bond donors (Lipinski definition) is 1. The Morgan fingerprint density at radius 3 is 2.61 bits per heavy atom. The minimum absolute atomic E-state index is 0.171. The van der Waals surface area contributed by atoms with Crippen LogP contribution < -0.4 is 10.2 Å². The second-order valence-corrected chi connectivity index (χ2v) is 7.01. The molecule has 28 heavy (non-hydrogen) atoms. The van der Waals surface area contributed by atoms with Gasteiger partial charge in [0, 0.05) is 12.2 Å². The first-order valence-electron chi connectivity index (χ1n) is 9.31. The van der Waals surface area contributed by atoms with Crippen LogP contribution in [0.1, 0.15) is 29.6 Å². The summed E-state index contributed by atoms with van der Waals surface area (Å²) in [6, 6.07) is 11.7. The molecule has 0 radical (unpaired) electrons. The molecule has 1 saturated heterocycles. The zero-order valence-corrected chi connectivity index (χ0v) is 15.2. The van der Waals surface area contributed by atoms with Crippen molar-refractivity contribution in [2.24, 2.45) is 0 Å². The van der Waals surface area contributed by atoms with Crippen molar-refractivity contribution < 1.29 is 18.8 Å². The molecule has 2 aromatic carbocycles. The predicted octanol–water partition coefficient (Wildman–Crippen LogP) is 2.81. The average Bonchev–Trinajstić information content (AvgIpc) is 2.80. The van der Waals surface area contributed by atoms with E-state index < -0.39 is 17.8 Å². The molecule has 0 aromatic heterocycles. The van der Waals surface area contributed by atoms with Crippen molar-refractivity contribution in [1.29, 1.82) is 0 Å². The lowest BCUT2D eigenvalue weighted by molar-refractivity contribution is -0.125. The fourth-order valence-corrected chi connectivity index (χ4v) is 3.81. The molecule has 0 aliphatic carbocycles. The molecule has 4 rings (SSSR count). The van der Waals surface area contributed by atoms with E-state index in [0.29, 0.717) is 29.9 Å². The summed E-state index contributed by atoms with van der Waals surface area (Å²) in [7, 11) is 0. The van der Waals surface area contributed by atoms with E-state index in [4.69, 9.17) is 0 Å². The summed E-state index contributed by atoms with van der Waals surface area (Å²) >= 11 is 0. The molecule has 0 saturated carbocycles. The van der Waals surface area contributed by atoms with Crippen LogP contribution in [0.4, 0.5) is 15.8 Å². The zero-order valence-electron chi connectivity index (χ0n) is 15.2. The predicted molar refractivity (Wildman–Crippen MR) is 103 cm³/mol. The molecule has 3 amide bonds. The van der Waals surface area contributed by atoms with Gasteiger partial charge in [0.1, 0.15) is 18.4 Å². The summed E-state index contributed by atoms with van der Waals surface area (Å²) < 4.78 is 13.1. The number of nitrogens with one attached hydrogen (secondary N) is 1. The molecule has 144 valence electrons. The standard InChI is InChI=1S/C21H20FN3O3/c22-14-8-10-15(11-9-14)23-19(26)13-25-17-6-2-1-5-16(17)20(27)24-12-4-3-7-18(24)21(25)28/h1-2,5-6,8-11,18H,3-4,7,12-13H2,(H,23,26)/t18-/m0/s1. The van der Waals surface area contributed by atoms with E-state index >= 15 is 0 Å². The highest BCUT2D eigenvalue weighted by atomic mass is 19.1. The number of carbonyl (C=O) groups excluding carboxylic acids is 3. The number of anilines is 2. The van der Waals surface area contributed by atoms with Crippen LogP contribution in [-0.2, 0) is 9.59 Å². The maximum atomic E-state index is 13.2. The number of piperidine rings is 1. The number of amides is 3.